The van der Waals surface area contributed by atoms with Gasteiger partial charge >= 0.3 is 0 Å². The van der Waals surface area contributed by atoms with E-state index >= 15 is 0 Å². The average molecular weight is 359 g/mol. The van der Waals surface area contributed by atoms with Crippen molar-refractivity contribution in [2.45, 2.75) is 19.4 Å². The third-order valence-corrected chi connectivity index (χ3v) is 4.23. The van der Waals surface area contributed by atoms with E-state index in [1.54, 1.807) is 12.1 Å². The summed E-state index contributed by atoms with van der Waals surface area (Å²) in [7, 11) is 0. The zero-order valence-electron chi connectivity index (χ0n) is 12.0. The van der Waals surface area contributed by atoms with Crippen molar-refractivity contribution in [1.82, 2.24) is 0 Å². The van der Waals surface area contributed by atoms with Crippen LogP contribution < -0.4 is 10.2 Å². The molecule has 4 nitrogen and oxygen atoms in total. The number of anilines is 2. The molecule has 0 saturated carbocycles. The fourth-order valence-electron chi connectivity index (χ4n) is 2.53. The predicted octanol–water partition coefficient (Wildman–Crippen LogP) is 3.50. The number of amides is 2. The molecule has 112 valence electrons. The van der Waals surface area contributed by atoms with Crippen LogP contribution in [0, 0.1) is 6.92 Å². The smallest absolute Gasteiger partial charge is 0.256 e. The third-order valence-electron chi connectivity index (χ3n) is 3.71. The van der Waals surface area contributed by atoms with Crippen molar-refractivity contribution in [3.05, 3.63) is 58.6 Å². The van der Waals surface area contributed by atoms with Crippen LogP contribution in [0.25, 0.3) is 0 Å². The normalized spacial score (nSPS) is 17.9. The van der Waals surface area contributed by atoms with Crippen LogP contribution in [0.3, 0.4) is 0 Å². The highest BCUT2D eigenvalue weighted by Crippen LogP contribution is 2.27. The summed E-state index contributed by atoms with van der Waals surface area (Å²) in [5.41, 5.74) is 2.53. The van der Waals surface area contributed by atoms with Crippen molar-refractivity contribution >= 4 is 39.1 Å². The van der Waals surface area contributed by atoms with Gasteiger partial charge in [-0.25, -0.2) is 4.90 Å². The maximum Gasteiger partial charge on any atom is 0.256 e. The number of nitrogens with zero attached hydrogens (tertiary/aromatic N) is 1. The van der Waals surface area contributed by atoms with Gasteiger partial charge in [0.1, 0.15) is 6.04 Å². The topological polar surface area (TPSA) is 49.4 Å². The quantitative estimate of drug-likeness (QED) is 0.854. The Hall–Kier alpha value is -2.14. The lowest BCUT2D eigenvalue weighted by atomic mass is 10.1. The van der Waals surface area contributed by atoms with E-state index in [9.17, 15) is 9.59 Å². The molecule has 1 aliphatic heterocycles. The number of carbonyl (C=O) groups is 2. The molecular weight excluding hydrogens is 344 g/mol. The zero-order chi connectivity index (χ0) is 15.7. The van der Waals surface area contributed by atoms with Crippen LogP contribution in [-0.4, -0.2) is 17.9 Å². The van der Waals surface area contributed by atoms with E-state index in [-0.39, 0.29) is 18.2 Å². The summed E-state index contributed by atoms with van der Waals surface area (Å²) in [6.45, 7) is 1.97. The molecule has 3 rings (SSSR count). The average Bonchev–Trinajstić information content (AvgIpc) is 2.77. The van der Waals surface area contributed by atoms with E-state index in [4.69, 9.17) is 0 Å². The molecular formula is C17H15BrN2O2. The minimum atomic E-state index is -0.516. The summed E-state index contributed by atoms with van der Waals surface area (Å²) >= 11 is 3.35. The van der Waals surface area contributed by atoms with Crippen LogP contribution in [0.2, 0.25) is 0 Å². The van der Waals surface area contributed by atoms with Crippen molar-refractivity contribution in [2.24, 2.45) is 0 Å². The van der Waals surface area contributed by atoms with Gasteiger partial charge in [0.15, 0.2) is 0 Å². The molecule has 2 amide bonds. The maximum atomic E-state index is 12.5. The number of nitrogens with one attached hydrogen (secondary N) is 1. The molecule has 1 heterocycles. The first-order valence-corrected chi connectivity index (χ1v) is 7.80. The molecule has 1 aliphatic rings. The third kappa shape index (κ3) is 2.76. The summed E-state index contributed by atoms with van der Waals surface area (Å²) in [5.74, 6) is -0.394. The number of hydrogen-bond acceptors (Lipinski definition) is 3. The maximum absolute atomic E-state index is 12.5. The monoisotopic (exact) mass is 358 g/mol. The Bertz CT molecular complexity index is 728. The molecule has 1 N–H and O–H groups in total. The molecule has 5 heteroatoms. The largest absolute Gasteiger partial charge is 0.373 e. The lowest BCUT2D eigenvalue weighted by Crippen LogP contribution is -2.34. The molecule has 1 atom stereocenters. The Labute approximate surface area is 137 Å². The number of rotatable bonds is 3. The van der Waals surface area contributed by atoms with Crippen molar-refractivity contribution < 1.29 is 9.59 Å². The van der Waals surface area contributed by atoms with E-state index in [2.05, 4.69) is 21.2 Å². The Balaban J connectivity index is 1.82. The Morgan fingerprint density at radius 3 is 2.45 bits per heavy atom. The summed E-state index contributed by atoms with van der Waals surface area (Å²) < 4.78 is 0.907. The second-order valence-corrected chi connectivity index (χ2v) is 6.18. The number of hydrogen-bond donors (Lipinski definition) is 1. The highest BCUT2D eigenvalue weighted by Gasteiger charge is 2.39. The van der Waals surface area contributed by atoms with Crippen LogP contribution in [-0.2, 0) is 9.59 Å². The summed E-state index contributed by atoms with van der Waals surface area (Å²) in [6.07, 6.45) is 0.170. The van der Waals surface area contributed by atoms with Crippen LogP contribution in [0.1, 0.15) is 12.0 Å². The molecule has 2 aromatic carbocycles. The number of para-hydroxylation sites is 1. The lowest BCUT2D eigenvalue weighted by molar-refractivity contribution is -0.121. The van der Waals surface area contributed by atoms with Gasteiger partial charge < -0.3 is 5.32 Å². The fourth-order valence-corrected chi connectivity index (χ4v) is 2.79. The molecule has 0 radical (unpaired) electrons. The zero-order valence-corrected chi connectivity index (χ0v) is 13.6. The van der Waals surface area contributed by atoms with E-state index in [0.717, 1.165) is 15.7 Å². The summed E-state index contributed by atoms with van der Waals surface area (Å²) in [5, 5.41) is 3.18. The Kier molecular flexibility index (Phi) is 3.98. The molecule has 0 aliphatic carbocycles. The molecule has 2 aromatic rings. The number of carbonyl (C=O) groups excluding carboxylic acids is 2. The van der Waals surface area contributed by atoms with E-state index < -0.39 is 6.04 Å². The standard InChI is InChI=1S/C17H15BrN2O2/c1-11-4-2-3-5-14(11)19-15-10-16(21)20(17(15)22)13-8-6-12(18)7-9-13/h2-9,15,19H,10H2,1H3/t15-/m0/s1. The SMILES string of the molecule is Cc1ccccc1N[C@H]1CC(=O)N(c2ccc(Br)cc2)C1=O. The summed E-state index contributed by atoms with van der Waals surface area (Å²) in [4.78, 5) is 26.0. The van der Waals surface area contributed by atoms with Gasteiger partial charge in [0.05, 0.1) is 12.1 Å². The van der Waals surface area contributed by atoms with E-state index in [0.29, 0.717) is 5.69 Å². The molecule has 1 fully saturated rings. The number of halogens is 1. The van der Waals surface area contributed by atoms with Crippen molar-refractivity contribution in [1.29, 1.82) is 0 Å². The first-order valence-electron chi connectivity index (χ1n) is 7.01. The number of benzene rings is 2. The first kappa shape index (κ1) is 14.8. The number of imide groups is 1. The van der Waals surface area contributed by atoms with E-state index in [1.807, 2.05) is 43.3 Å². The molecule has 0 bridgehead atoms. The second kappa shape index (κ2) is 5.93. The lowest BCUT2D eigenvalue weighted by Gasteiger charge is -2.17. The minimum Gasteiger partial charge on any atom is -0.373 e. The van der Waals surface area contributed by atoms with Crippen LogP contribution in [0.15, 0.2) is 53.0 Å². The second-order valence-electron chi connectivity index (χ2n) is 5.26. The predicted molar refractivity (Wildman–Crippen MR) is 89.8 cm³/mol. The van der Waals surface area contributed by atoms with Crippen molar-refractivity contribution in [2.75, 3.05) is 10.2 Å². The van der Waals surface area contributed by atoms with Gasteiger partial charge in [-0.15, -0.1) is 0 Å². The highest BCUT2D eigenvalue weighted by molar-refractivity contribution is 9.10. The Morgan fingerprint density at radius 1 is 1.09 bits per heavy atom. The fraction of sp³-hybridized carbons (Fsp3) is 0.176. The first-order chi connectivity index (χ1) is 10.6. The van der Waals surface area contributed by atoms with Gasteiger partial charge in [0.2, 0.25) is 5.91 Å². The van der Waals surface area contributed by atoms with Gasteiger partial charge in [-0.3, -0.25) is 9.59 Å². The van der Waals surface area contributed by atoms with Crippen LogP contribution in [0.5, 0.6) is 0 Å². The molecule has 1 saturated heterocycles. The van der Waals surface area contributed by atoms with Gasteiger partial charge in [0, 0.05) is 10.2 Å². The summed E-state index contributed by atoms with van der Waals surface area (Å²) in [6, 6.07) is 14.4. The van der Waals surface area contributed by atoms with Crippen molar-refractivity contribution in [3.8, 4) is 0 Å². The van der Waals surface area contributed by atoms with Crippen LogP contribution in [0.4, 0.5) is 11.4 Å². The van der Waals surface area contributed by atoms with Crippen molar-refractivity contribution in [3.63, 3.8) is 0 Å². The van der Waals surface area contributed by atoms with Gasteiger partial charge in [-0.1, -0.05) is 34.1 Å². The highest BCUT2D eigenvalue weighted by atomic mass is 79.9. The molecule has 0 spiro atoms. The van der Waals surface area contributed by atoms with Gasteiger partial charge in [0.25, 0.3) is 5.91 Å². The van der Waals surface area contributed by atoms with Gasteiger partial charge in [-0.2, -0.15) is 0 Å². The molecule has 0 unspecified atom stereocenters. The molecule has 0 aromatic heterocycles. The molecule has 22 heavy (non-hydrogen) atoms. The van der Waals surface area contributed by atoms with Gasteiger partial charge in [-0.05, 0) is 42.8 Å². The Morgan fingerprint density at radius 2 is 1.77 bits per heavy atom. The minimum absolute atomic E-state index is 0.170. The van der Waals surface area contributed by atoms with E-state index in [1.165, 1.54) is 4.90 Å². The van der Waals surface area contributed by atoms with Crippen LogP contribution >= 0.6 is 15.9 Å². The number of aryl methyl sites for hydroxylation is 1.